The van der Waals surface area contributed by atoms with Gasteiger partial charge in [-0.05, 0) is 50.5 Å². The third-order valence-electron chi connectivity index (χ3n) is 5.25. The lowest BCUT2D eigenvalue weighted by atomic mass is 9.97. The number of carbonyl (C=O) groups excluding carboxylic acids is 3. The standard InChI is InChI=1S/C20H24N2O5/c1-12-13(2)21-17-5-4-15(10-16(12)17)20(25)27-11-18(23)22-8-6-14(7-9-22)19(24)26-3/h4-5,10,14,21H,6-9,11H2,1-3H3. The molecule has 1 aliphatic heterocycles. The summed E-state index contributed by atoms with van der Waals surface area (Å²) in [6, 6.07) is 5.31. The molecule has 1 aliphatic rings. The second kappa shape index (κ2) is 7.82. The van der Waals surface area contributed by atoms with Crippen molar-refractivity contribution in [3.05, 3.63) is 35.0 Å². The molecule has 1 aromatic carbocycles. The number of hydrogen-bond donors (Lipinski definition) is 1. The molecule has 2 aromatic rings. The van der Waals surface area contributed by atoms with Gasteiger partial charge >= 0.3 is 11.9 Å². The number of esters is 2. The van der Waals surface area contributed by atoms with Gasteiger partial charge in [-0.25, -0.2) is 4.79 Å². The number of H-pyrrole nitrogens is 1. The van der Waals surface area contributed by atoms with E-state index in [1.807, 2.05) is 19.9 Å². The predicted molar refractivity (Wildman–Crippen MR) is 99.4 cm³/mol. The number of piperidine rings is 1. The fourth-order valence-electron chi connectivity index (χ4n) is 3.42. The molecule has 3 rings (SSSR count). The smallest absolute Gasteiger partial charge is 0.338 e. The van der Waals surface area contributed by atoms with Crippen LogP contribution in [0, 0.1) is 19.8 Å². The largest absolute Gasteiger partial charge is 0.469 e. The molecule has 1 amide bonds. The van der Waals surface area contributed by atoms with Crippen molar-refractivity contribution >= 4 is 28.7 Å². The van der Waals surface area contributed by atoms with Crippen molar-refractivity contribution in [3.63, 3.8) is 0 Å². The molecular weight excluding hydrogens is 348 g/mol. The zero-order valence-electron chi connectivity index (χ0n) is 15.8. The van der Waals surface area contributed by atoms with Gasteiger partial charge in [0.25, 0.3) is 5.91 Å². The van der Waals surface area contributed by atoms with Gasteiger partial charge in [0.05, 0.1) is 18.6 Å². The molecule has 0 spiro atoms. The van der Waals surface area contributed by atoms with E-state index in [1.54, 1.807) is 17.0 Å². The molecule has 27 heavy (non-hydrogen) atoms. The Balaban J connectivity index is 1.55. The van der Waals surface area contributed by atoms with Crippen LogP contribution in [0.15, 0.2) is 18.2 Å². The van der Waals surface area contributed by atoms with Gasteiger partial charge in [-0.2, -0.15) is 0 Å². The van der Waals surface area contributed by atoms with E-state index in [-0.39, 0.29) is 24.4 Å². The summed E-state index contributed by atoms with van der Waals surface area (Å²) in [6.07, 6.45) is 1.13. The molecule has 1 aromatic heterocycles. The first-order chi connectivity index (χ1) is 12.9. The summed E-state index contributed by atoms with van der Waals surface area (Å²) in [5.41, 5.74) is 3.53. The van der Waals surface area contributed by atoms with E-state index in [0.29, 0.717) is 31.5 Å². The van der Waals surface area contributed by atoms with Crippen molar-refractivity contribution in [3.8, 4) is 0 Å². The molecule has 0 saturated carbocycles. The number of amides is 1. The molecule has 1 N–H and O–H groups in total. The highest BCUT2D eigenvalue weighted by Gasteiger charge is 2.28. The van der Waals surface area contributed by atoms with Crippen LogP contribution in [0.4, 0.5) is 0 Å². The van der Waals surface area contributed by atoms with Gasteiger partial charge in [0.15, 0.2) is 6.61 Å². The van der Waals surface area contributed by atoms with Crippen LogP contribution in [0.3, 0.4) is 0 Å². The Morgan fingerprint density at radius 2 is 1.89 bits per heavy atom. The van der Waals surface area contributed by atoms with Gasteiger partial charge in [-0.15, -0.1) is 0 Å². The van der Waals surface area contributed by atoms with Crippen molar-refractivity contribution in [2.24, 2.45) is 5.92 Å². The third kappa shape index (κ3) is 3.97. The number of benzene rings is 1. The van der Waals surface area contributed by atoms with E-state index in [0.717, 1.165) is 22.2 Å². The number of aromatic nitrogens is 1. The Bertz CT molecular complexity index is 878. The maximum Gasteiger partial charge on any atom is 0.338 e. The van der Waals surface area contributed by atoms with Crippen molar-refractivity contribution in [2.45, 2.75) is 26.7 Å². The van der Waals surface area contributed by atoms with Crippen LogP contribution in [0.5, 0.6) is 0 Å². The summed E-state index contributed by atoms with van der Waals surface area (Å²) in [5.74, 6) is -1.17. The fraction of sp³-hybridized carbons (Fsp3) is 0.450. The topological polar surface area (TPSA) is 88.7 Å². The molecule has 7 heteroatoms. The molecule has 7 nitrogen and oxygen atoms in total. The number of methoxy groups -OCH3 is 1. The van der Waals surface area contributed by atoms with Crippen LogP contribution in [-0.4, -0.2) is 54.5 Å². The maximum absolute atomic E-state index is 12.3. The average molecular weight is 372 g/mol. The molecule has 144 valence electrons. The summed E-state index contributed by atoms with van der Waals surface area (Å²) < 4.78 is 9.94. The normalized spacial score (nSPS) is 15.0. The van der Waals surface area contributed by atoms with E-state index >= 15 is 0 Å². The lowest BCUT2D eigenvalue weighted by Gasteiger charge is -2.30. The summed E-state index contributed by atoms with van der Waals surface area (Å²) in [6.45, 7) is 4.60. The second-order valence-electron chi connectivity index (χ2n) is 6.89. The van der Waals surface area contributed by atoms with Crippen LogP contribution in [0.1, 0.15) is 34.5 Å². The number of carbonyl (C=O) groups is 3. The molecule has 1 saturated heterocycles. The Labute approximate surface area is 157 Å². The minimum absolute atomic E-state index is 0.165. The van der Waals surface area contributed by atoms with Crippen LogP contribution in [-0.2, 0) is 19.1 Å². The number of nitrogens with zero attached hydrogens (tertiary/aromatic N) is 1. The van der Waals surface area contributed by atoms with Gasteiger partial charge in [0, 0.05) is 29.7 Å². The second-order valence-corrected chi connectivity index (χ2v) is 6.89. The molecule has 0 atom stereocenters. The molecule has 0 radical (unpaired) electrons. The lowest BCUT2D eigenvalue weighted by Crippen LogP contribution is -2.42. The van der Waals surface area contributed by atoms with E-state index in [2.05, 4.69) is 4.98 Å². The van der Waals surface area contributed by atoms with Crippen LogP contribution >= 0.6 is 0 Å². The predicted octanol–water partition coefficient (Wildman–Crippen LogP) is 2.35. The first-order valence-electron chi connectivity index (χ1n) is 9.02. The highest BCUT2D eigenvalue weighted by Crippen LogP contribution is 2.23. The Morgan fingerprint density at radius 3 is 2.56 bits per heavy atom. The highest BCUT2D eigenvalue weighted by molar-refractivity contribution is 5.96. The van der Waals surface area contributed by atoms with Crippen molar-refractivity contribution in [1.29, 1.82) is 0 Å². The molecular formula is C20H24N2O5. The molecule has 2 heterocycles. The van der Waals surface area contributed by atoms with E-state index in [9.17, 15) is 14.4 Å². The quantitative estimate of drug-likeness (QED) is 0.833. The first kappa shape index (κ1) is 18.9. The number of likely N-dealkylation sites (tertiary alicyclic amines) is 1. The van der Waals surface area contributed by atoms with Crippen LogP contribution < -0.4 is 0 Å². The Hall–Kier alpha value is -2.83. The zero-order chi connectivity index (χ0) is 19.6. The third-order valence-corrected chi connectivity index (χ3v) is 5.25. The Morgan fingerprint density at radius 1 is 1.19 bits per heavy atom. The monoisotopic (exact) mass is 372 g/mol. The number of nitrogens with one attached hydrogen (secondary N) is 1. The van der Waals surface area contributed by atoms with Gasteiger partial charge < -0.3 is 19.4 Å². The summed E-state index contributed by atoms with van der Waals surface area (Å²) >= 11 is 0. The maximum atomic E-state index is 12.3. The number of fused-ring (bicyclic) bond motifs is 1. The number of hydrogen-bond acceptors (Lipinski definition) is 5. The van der Waals surface area contributed by atoms with Crippen molar-refractivity contribution in [2.75, 3.05) is 26.8 Å². The SMILES string of the molecule is COC(=O)C1CCN(C(=O)COC(=O)c2ccc3[nH]c(C)c(C)c3c2)CC1. The molecule has 1 fully saturated rings. The lowest BCUT2D eigenvalue weighted by molar-refractivity contribution is -0.149. The highest BCUT2D eigenvalue weighted by atomic mass is 16.5. The van der Waals surface area contributed by atoms with Crippen LogP contribution in [0.2, 0.25) is 0 Å². The minimum Gasteiger partial charge on any atom is -0.469 e. The minimum atomic E-state index is -0.520. The number of aryl methyl sites for hydroxylation is 2. The summed E-state index contributed by atoms with van der Waals surface area (Å²) in [7, 11) is 1.37. The van der Waals surface area contributed by atoms with E-state index in [4.69, 9.17) is 9.47 Å². The average Bonchev–Trinajstić information content (AvgIpc) is 2.98. The van der Waals surface area contributed by atoms with Gasteiger partial charge in [-0.1, -0.05) is 0 Å². The van der Waals surface area contributed by atoms with E-state index < -0.39 is 5.97 Å². The van der Waals surface area contributed by atoms with Crippen LogP contribution in [0.25, 0.3) is 10.9 Å². The summed E-state index contributed by atoms with van der Waals surface area (Å²) in [5, 5.41) is 0.971. The van der Waals surface area contributed by atoms with Crippen molar-refractivity contribution < 1.29 is 23.9 Å². The first-order valence-corrected chi connectivity index (χ1v) is 9.02. The number of rotatable bonds is 4. The zero-order valence-corrected chi connectivity index (χ0v) is 15.8. The fourth-order valence-corrected chi connectivity index (χ4v) is 3.42. The Kier molecular flexibility index (Phi) is 5.48. The molecule has 0 bridgehead atoms. The number of ether oxygens (including phenoxy) is 2. The van der Waals surface area contributed by atoms with E-state index in [1.165, 1.54) is 7.11 Å². The molecule has 0 unspecified atom stereocenters. The van der Waals surface area contributed by atoms with Gasteiger partial charge in [-0.3, -0.25) is 9.59 Å². The van der Waals surface area contributed by atoms with Crippen molar-refractivity contribution in [1.82, 2.24) is 9.88 Å². The summed E-state index contributed by atoms with van der Waals surface area (Å²) in [4.78, 5) is 41.0. The molecule has 0 aliphatic carbocycles. The van der Waals surface area contributed by atoms with Gasteiger partial charge in [0.1, 0.15) is 0 Å². The number of aromatic amines is 1. The van der Waals surface area contributed by atoms with Gasteiger partial charge in [0.2, 0.25) is 0 Å².